The molecular weight excluding hydrogens is 506 g/mol. The molecule has 0 amide bonds. The fourth-order valence-corrected chi connectivity index (χ4v) is 4.66. The predicted molar refractivity (Wildman–Crippen MR) is 134 cm³/mol. The molecule has 0 saturated carbocycles. The number of benzene rings is 3. The quantitative estimate of drug-likeness (QED) is 0.299. The third-order valence-electron chi connectivity index (χ3n) is 6.84. The number of hydrogen-bond acceptors (Lipinski definition) is 2. The van der Waals surface area contributed by atoms with Gasteiger partial charge in [-0.2, -0.15) is 4.39 Å². The highest BCUT2D eigenvalue weighted by Crippen LogP contribution is 2.36. The maximum absolute atomic E-state index is 14.7. The van der Waals surface area contributed by atoms with Crippen LogP contribution in [0.5, 0.6) is 5.75 Å². The minimum atomic E-state index is -1.55. The lowest BCUT2D eigenvalue weighted by Crippen LogP contribution is -2.07. The maximum Gasteiger partial charge on any atom is 0.200 e. The number of aromatic hydroxyl groups is 1. The molecule has 2 nitrogen and oxygen atoms in total. The lowest BCUT2D eigenvalue weighted by molar-refractivity contribution is 0.160. The first kappa shape index (κ1) is 27.5. The van der Waals surface area contributed by atoms with Crippen molar-refractivity contribution in [2.24, 2.45) is 5.92 Å². The number of allylic oxidation sites excluding steroid dienone is 3. The number of aliphatic hydroxyl groups is 1. The smallest absolute Gasteiger partial charge is 0.200 e. The van der Waals surface area contributed by atoms with Gasteiger partial charge in [0.25, 0.3) is 0 Å². The number of phenolic OH excluding ortho intramolecular Hbond substituents is 1. The van der Waals surface area contributed by atoms with Crippen LogP contribution in [0, 0.1) is 40.8 Å². The maximum atomic E-state index is 14.7. The number of rotatable bonds is 7. The first-order valence-corrected chi connectivity index (χ1v) is 12.3. The molecule has 0 heterocycles. The Kier molecular flexibility index (Phi) is 8.31. The van der Waals surface area contributed by atoms with Crippen LogP contribution < -0.4 is 0 Å². The third kappa shape index (κ3) is 5.36. The number of halogens is 6. The zero-order valence-corrected chi connectivity index (χ0v) is 20.5. The number of phenols is 1. The first-order chi connectivity index (χ1) is 18.1. The summed E-state index contributed by atoms with van der Waals surface area (Å²) in [4.78, 5) is 0. The Hall–Kier alpha value is -3.52. The normalized spacial score (nSPS) is 16.6. The Balaban J connectivity index is 1.50. The monoisotopic (exact) mass is 532 g/mol. The van der Waals surface area contributed by atoms with Crippen LogP contribution >= 0.6 is 0 Å². The molecule has 200 valence electrons. The van der Waals surface area contributed by atoms with Gasteiger partial charge in [-0.3, -0.25) is 0 Å². The van der Waals surface area contributed by atoms with Crippen LogP contribution in [-0.2, 0) is 0 Å². The SMILES string of the molecule is CCCC(O)c1ccc(C2=CCC(/C=C/c3ccc(-c4ccc(O)c(F)c4F)c(F)c3F)CC2)c(F)c1F. The van der Waals surface area contributed by atoms with Crippen LogP contribution in [0.3, 0.4) is 0 Å². The van der Waals surface area contributed by atoms with Crippen molar-refractivity contribution in [1.82, 2.24) is 0 Å². The molecule has 1 aliphatic rings. The van der Waals surface area contributed by atoms with E-state index >= 15 is 0 Å². The van der Waals surface area contributed by atoms with E-state index in [1.807, 2.05) is 6.92 Å². The van der Waals surface area contributed by atoms with Crippen LogP contribution in [-0.4, -0.2) is 10.2 Å². The molecule has 2 N–H and O–H groups in total. The van der Waals surface area contributed by atoms with Gasteiger partial charge in [-0.05, 0) is 49.3 Å². The molecule has 0 saturated heterocycles. The molecule has 0 aromatic heterocycles. The van der Waals surface area contributed by atoms with E-state index in [2.05, 4.69) is 0 Å². The highest BCUT2D eigenvalue weighted by atomic mass is 19.2. The van der Waals surface area contributed by atoms with Crippen LogP contribution in [0.1, 0.15) is 61.8 Å². The van der Waals surface area contributed by atoms with Gasteiger partial charge >= 0.3 is 0 Å². The molecule has 2 atom stereocenters. The van der Waals surface area contributed by atoms with E-state index in [4.69, 9.17) is 0 Å². The van der Waals surface area contributed by atoms with Crippen LogP contribution in [0.15, 0.2) is 48.6 Å². The second-order valence-corrected chi connectivity index (χ2v) is 9.35. The average Bonchev–Trinajstić information content (AvgIpc) is 2.91. The summed E-state index contributed by atoms with van der Waals surface area (Å²) in [6.45, 7) is 1.84. The topological polar surface area (TPSA) is 40.5 Å². The van der Waals surface area contributed by atoms with Gasteiger partial charge in [0.1, 0.15) is 0 Å². The molecule has 2 unspecified atom stereocenters. The first-order valence-electron chi connectivity index (χ1n) is 12.3. The summed E-state index contributed by atoms with van der Waals surface area (Å²) in [5.41, 5.74) is -0.386. The van der Waals surface area contributed by atoms with Gasteiger partial charge in [0.15, 0.2) is 34.8 Å². The molecule has 0 radical (unpaired) electrons. The van der Waals surface area contributed by atoms with Crippen molar-refractivity contribution in [2.45, 2.75) is 45.1 Å². The molecule has 3 aromatic carbocycles. The lowest BCUT2D eigenvalue weighted by Gasteiger charge is -2.21. The molecule has 4 rings (SSSR count). The van der Waals surface area contributed by atoms with Gasteiger partial charge in [-0.1, -0.05) is 55.8 Å². The van der Waals surface area contributed by atoms with Crippen molar-refractivity contribution in [3.05, 3.63) is 100 Å². The summed E-state index contributed by atoms with van der Waals surface area (Å²) in [5, 5.41) is 19.3. The zero-order valence-electron chi connectivity index (χ0n) is 20.5. The molecule has 3 aromatic rings. The molecule has 1 aliphatic carbocycles. The highest BCUT2D eigenvalue weighted by Gasteiger charge is 2.23. The van der Waals surface area contributed by atoms with Crippen molar-refractivity contribution in [2.75, 3.05) is 0 Å². The minimum absolute atomic E-state index is 0.0659. The Labute approximate surface area is 216 Å². The van der Waals surface area contributed by atoms with E-state index in [1.165, 1.54) is 24.3 Å². The second-order valence-electron chi connectivity index (χ2n) is 9.35. The Morgan fingerprint density at radius 2 is 1.45 bits per heavy atom. The second kappa shape index (κ2) is 11.5. The van der Waals surface area contributed by atoms with Gasteiger partial charge in [-0.25, -0.2) is 22.0 Å². The summed E-state index contributed by atoms with van der Waals surface area (Å²) in [6, 6.07) is 7.06. The molecule has 8 heteroatoms. The molecule has 0 fully saturated rings. The standard InChI is InChI=1S/C30H26F6O2/c1-2-3-23(37)22-13-12-19(26(32)29(22)35)17-7-4-16(5-8-17)6-9-18-10-11-20(27(33)25(18)31)21-14-15-24(38)30(36)28(21)34/h6-7,9-16,23,37-38H,2-5,8H2,1H3/b9-6+. The van der Waals surface area contributed by atoms with Gasteiger partial charge < -0.3 is 10.2 Å². The van der Waals surface area contributed by atoms with Crippen molar-refractivity contribution in [3.63, 3.8) is 0 Å². The van der Waals surface area contributed by atoms with E-state index < -0.39 is 57.9 Å². The highest BCUT2D eigenvalue weighted by molar-refractivity contribution is 5.69. The Morgan fingerprint density at radius 1 is 0.816 bits per heavy atom. The zero-order chi connectivity index (χ0) is 27.6. The van der Waals surface area contributed by atoms with Crippen molar-refractivity contribution >= 4 is 11.6 Å². The average molecular weight is 533 g/mol. The van der Waals surface area contributed by atoms with E-state index in [0.717, 1.165) is 18.2 Å². The van der Waals surface area contributed by atoms with Gasteiger partial charge in [0, 0.05) is 27.8 Å². The lowest BCUT2D eigenvalue weighted by atomic mass is 9.85. The summed E-state index contributed by atoms with van der Waals surface area (Å²) in [6.07, 6.45) is 6.20. The third-order valence-corrected chi connectivity index (χ3v) is 6.84. The number of hydrogen-bond donors (Lipinski definition) is 2. The summed E-state index contributed by atoms with van der Waals surface area (Å²) in [5.74, 6) is -8.69. The summed E-state index contributed by atoms with van der Waals surface area (Å²) >= 11 is 0. The Bertz CT molecular complexity index is 1410. The molecular formula is C30H26F6O2. The Morgan fingerprint density at radius 3 is 2.11 bits per heavy atom. The largest absolute Gasteiger partial charge is 0.505 e. The van der Waals surface area contributed by atoms with Crippen molar-refractivity contribution in [1.29, 1.82) is 0 Å². The molecule has 0 bridgehead atoms. The fourth-order valence-electron chi connectivity index (χ4n) is 4.66. The van der Waals surface area contributed by atoms with E-state index in [-0.39, 0.29) is 22.6 Å². The van der Waals surface area contributed by atoms with Crippen molar-refractivity contribution in [3.8, 4) is 16.9 Å². The van der Waals surface area contributed by atoms with Gasteiger partial charge in [0.05, 0.1) is 6.10 Å². The molecule has 38 heavy (non-hydrogen) atoms. The molecule has 0 aliphatic heterocycles. The molecule has 0 spiro atoms. The minimum Gasteiger partial charge on any atom is -0.505 e. The van der Waals surface area contributed by atoms with Crippen molar-refractivity contribution < 1.29 is 36.6 Å². The predicted octanol–water partition coefficient (Wildman–Crippen LogP) is 8.62. The van der Waals surface area contributed by atoms with E-state index in [9.17, 15) is 36.6 Å². The van der Waals surface area contributed by atoms with E-state index in [1.54, 1.807) is 12.2 Å². The van der Waals surface area contributed by atoms with E-state index in [0.29, 0.717) is 37.7 Å². The van der Waals surface area contributed by atoms with Crippen LogP contribution in [0.2, 0.25) is 0 Å². The van der Waals surface area contributed by atoms with Gasteiger partial charge in [0.2, 0.25) is 5.82 Å². The van der Waals surface area contributed by atoms with Crippen LogP contribution in [0.25, 0.3) is 22.8 Å². The number of aliphatic hydroxyl groups excluding tert-OH is 1. The van der Waals surface area contributed by atoms with Crippen LogP contribution in [0.4, 0.5) is 26.3 Å². The summed E-state index contributed by atoms with van der Waals surface area (Å²) in [7, 11) is 0. The fraction of sp³-hybridized carbons (Fsp3) is 0.267. The van der Waals surface area contributed by atoms with Gasteiger partial charge in [-0.15, -0.1) is 0 Å². The summed E-state index contributed by atoms with van der Waals surface area (Å²) < 4.78 is 86.5.